The van der Waals surface area contributed by atoms with Gasteiger partial charge in [-0.25, -0.2) is 9.67 Å². The Kier molecular flexibility index (Phi) is 7.92. The normalized spacial score (nSPS) is 15.0. The number of rotatable bonds is 8. The summed E-state index contributed by atoms with van der Waals surface area (Å²) in [5.41, 5.74) is 3.48. The lowest BCUT2D eigenvalue weighted by atomic mass is 10.1. The molecule has 0 aliphatic carbocycles. The summed E-state index contributed by atoms with van der Waals surface area (Å²) in [7, 11) is 1.80. The van der Waals surface area contributed by atoms with Crippen molar-refractivity contribution >= 4 is 11.8 Å². The number of nitrogens with zero attached hydrogens (tertiary/aromatic N) is 6. The van der Waals surface area contributed by atoms with Gasteiger partial charge in [0.25, 0.3) is 0 Å². The highest BCUT2D eigenvalue weighted by Crippen LogP contribution is 2.14. The first kappa shape index (κ1) is 22.8. The summed E-state index contributed by atoms with van der Waals surface area (Å²) in [5, 5.41) is 11.0. The molecule has 33 heavy (non-hydrogen) atoms. The topological polar surface area (TPSA) is 73.6 Å². The molecule has 3 aromatic rings. The number of likely N-dealkylation sites (N-methyl/N-ethyl adjacent to an activating group) is 1. The second-order valence-electron chi connectivity index (χ2n) is 8.17. The van der Waals surface area contributed by atoms with Crippen LogP contribution in [0.2, 0.25) is 0 Å². The molecule has 8 heteroatoms. The second-order valence-corrected chi connectivity index (χ2v) is 8.17. The fraction of sp³-hybridized carbons (Fsp3) is 0.400. The van der Waals surface area contributed by atoms with E-state index in [2.05, 4.69) is 78.8 Å². The molecule has 8 nitrogen and oxygen atoms in total. The van der Waals surface area contributed by atoms with Crippen molar-refractivity contribution < 1.29 is 0 Å². The average Bonchev–Trinajstić information content (AvgIpc) is 3.42. The quantitative estimate of drug-likeness (QED) is 0.409. The molecule has 1 saturated heterocycles. The third kappa shape index (κ3) is 6.32. The van der Waals surface area contributed by atoms with Gasteiger partial charge in [-0.15, -0.1) is 0 Å². The third-order valence-corrected chi connectivity index (χ3v) is 6.05. The number of benzene rings is 1. The van der Waals surface area contributed by atoms with Crippen molar-refractivity contribution in [3.8, 4) is 5.69 Å². The number of nitrogens with one attached hydrogen (secondary N) is 2. The zero-order valence-electron chi connectivity index (χ0n) is 19.6. The molecule has 0 radical (unpaired) electrons. The minimum atomic E-state index is 0.690. The van der Waals surface area contributed by atoms with E-state index in [1.165, 1.54) is 5.56 Å². The van der Waals surface area contributed by atoms with Gasteiger partial charge in [0.05, 0.1) is 5.69 Å². The van der Waals surface area contributed by atoms with Crippen molar-refractivity contribution in [2.45, 2.75) is 19.9 Å². The van der Waals surface area contributed by atoms with Gasteiger partial charge in [0.2, 0.25) is 0 Å². The number of piperazine rings is 1. The molecule has 4 rings (SSSR count). The van der Waals surface area contributed by atoms with Crippen LogP contribution in [0.5, 0.6) is 0 Å². The molecular weight excluding hydrogens is 412 g/mol. The van der Waals surface area contributed by atoms with Gasteiger partial charge >= 0.3 is 0 Å². The van der Waals surface area contributed by atoms with Crippen LogP contribution in [-0.2, 0) is 13.0 Å². The SMILES string of the molecule is CCN1CCN(c2ccc(CNC(=NC)NCCc3ccc(-n4cccn4)cc3)cn2)CC1. The van der Waals surface area contributed by atoms with E-state index in [1.807, 2.05) is 23.1 Å². The van der Waals surface area contributed by atoms with Crippen LogP contribution >= 0.6 is 0 Å². The second kappa shape index (κ2) is 11.5. The molecular formula is C25H34N8. The molecule has 1 aliphatic rings. The lowest BCUT2D eigenvalue weighted by molar-refractivity contribution is 0.270. The highest BCUT2D eigenvalue weighted by molar-refractivity contribution is 5.79. The Morgan fingerprint density at radius 3 is 2.42 bits per heavy atom. The summed E-state index contributed by atoms with van der Waals surface area (Å²) in [5.74, 6) is 1.86. The average molecular weight is 447 g/mol. The number of guanidine groups is 1. The molecule has 0 spiro atoms. The van der Waals surface area contributed by atoms with Crippen molar-refractivity contribution in [2.75, 3.05) is 51.2 Å². The van der Waals surface area contributed by atoms with E-state index in [4.69, 9.17) is 0 Å². The van der Waals surface area contributed by atoms with Gasteiger partial charge in [0.15, 0.2) is 5.96 Å². The van der Waals surface area contributed by atoms with E-state index in [0.717, 1.165) is 68.7 Å². The number of aromatic nitrogens is 3. The molecule has 2 aromatic heterocycles. The molecule has 1 aliphatic heterocycles. The maximum absolute atomic E-state index is 4.69. The van der Waals surface area contributed by atoms with Crippen LogP contribution in [0, 0.1) is 0 Å². The molecule has 0 atom stereocenters. The molecule has 1 aromatic carbocycles. The van der Waals surface area contributed by atoms with Gasteiger partial charge < -0.3 is 20.4 Å². The van der Waals surface area contributed by atoms with E-state index >= 15 is 0 Å². The highest BCUT2D eigenvalue weighted by atomic mass is 15.3. The van der Waals surface area contributed by atoms with Gasteiger partial charge in [-0.05, 0) is 48.4 Å². The minimum Gasteiger partial charge on any atom is -0.356 e. The van der Waals surface area contributed by atoms with E-state index in [1.54, 1.807) is 13.2 Å². The first-order valence-electron chi connectivity index (χ1n) is 11.7. The molecule has 3 heterocycles. The zero-order chi connectivity index (χ0) is 22.9. The summed E-state index contributed by atoms with van der Waals surface area (Å²) >= 11 is 0. The summed E-state index contributed by atoms with van der Waals surface area (Å²) in [6.07, 6.45) is 6.61. The fourth-order valence-corrected chi connectivity index (χ4v) is 3.97. The van der Waals surface area contributed by atoms with Crippen molar-refractivity contribution in [1.29, 1.82) is 0 Å². The van der Waals surface area contributed by atoms with Crippen LogP contribution in [0.15, 0.2) is 66.0 Å². The Labute approximate surface area is 196 Å². The van der Waals surface area contributed by atoms with Gasteiger partial charge in [-0.3, -0.25) is 4.99 Å². The molecule has 0 unspecified atom stereocenters. The van der Waals surface area contributed by atoms with Crippen LogP contribution in [0.4, 0.5) is 5.82 Å². The first-order chi connectivity index (χ1) is 16.2. The number of aliphatic imine (C=N–C) groups is 1. The summed E-state index contributed by atoms with van der Waals surface area (Å²) in [6, 6.07) is 14.7. The van der Waals surface area contributed by atoms with Crippen LogP contribution in [-0.4, -0.2) is 71.9 Å². The molecule has 1 fully saturated rings. The first-order valence-corrected chi connectivity index (χ1v) is 11.7. The number of hydrogen-bond acceptors (Lipinski definition) is 5. The fourth-order valence-electron chi connectivity index (χ4n) is 3.97. The van der Waals surface area contributed by atoms with Crippen LogP contribution < -0.4 is 15.5 Å². The smallest absolute Gasteiger partial charge is 0.191 e. The van der Waals surface area contributed by atoms with E-state index in [9.17, 15) is 0 Å². The standard InChI is InChI=1S/C25H34N8/c1-3-31-15-17-32(18-16-31)24-10-7-22(19-28-24)20-29-25(26-2)27-13-11-21-5-8-23(9-6-21)33-14-4-12-30-33/h4-10,12,14,19H,3,11,13,15-18,20H2,1-2H3,(H2,26,27,29). The number of pyridine rings is 1. The summed E-state index contributed by atoms with van der Waals surface area (Å²) in [6.45, 7) is 9.15. The lowest BCUT2D eigenvalue weighted by Crippen LogP contribution is -2.46. The molecule has 0 saturated carbocycles. The zero-order valence-corrected chi connectivity index (χ0v) is 19.6. The van der Waals surface area contributed by atoms with Gasteiger partial charge in [-0.1, -0.05) is 25.1 Å². The Balaban J connectivity index is 1.19. The Hall–Kier alpha value is -3.39. The monoisotopic (exact) mass is 446 g/mol. The van der Waals surface area contributed by atoms with Crippen LogP contribution in [0.3, 0.4) is 0 Å². The molecule has 174 valence electrons. The van der Waals surface area contributed by atoms with Crippen LogP contribution in [0.25, 0.3) is 5.69 Å². The van der Waals surface area contributed by atoms with Gasteiger partial charge in [0.1, 0.15) is 5.82 Å². The predicted molar refractivity (Wildman–Crippen MR) is 134 cm³/mol. The summed E-state index contributed by atoms with van der Waals surface area (Å²) in [4.78, 5) is 13.9. The Morgan fingerprint density at radius 1 is 1.00 bits per heavy atom. The van der Waals surface area contributed by atoms with Crippen molar-refractivity contribution in [3.63, 3.8) is 0 Å². The summed E-state index contributed by atoms with van der Waals surface area (Å²) < 4.78 is 1.86. The maximum Gasteiger partial charge on any atom is 0.191 e. The van der Waals surface area contributed by atoms with Crippen molar-refractivity contribution in [3.05, 3.63) is 72.2 Å². The number of anilines is 1. The van der Waals surface area contributed by atoms with E-state index in [-0.39, 0.29) is 0 Å². The Bertz CT molecular complexity index is 988. The van der Waals surface area contributed by atoms with Crippen molar-refractivity contribution in [1.82, 2.24) is 30.3 Å². The number of hydrogen-bond donors (Lipinski definition) is 2. The van der Waals surface area contributed by atoms with E-state index < -0.39 is 0 Å². The Morgan fingerprint density at radius 2 is 1.79 bits per heavy atom. The molecule has 0 amide bonds. The largest absolute Gasteiger partial charge is 0.356 e. The van der Waals surface area contributed by atoms with Crippen molar-refractivity contribution in [2.24, 2.45) is 4.99 Å². The van der Waals surface area contributed by atoms with Gasteiger partial charge in [-0.2, -0.15) is 5.10 Å². The predicted octanol–water partition coefficient (Wildman–Crippen LogP) is 2.32. The van der Waals surface area contributed by atoms with Crippen LogP contribution in [0.1, 0.15) is 18.1 Å². The molecule has 0 bridgehead atoms. The molecule has 2 N–H and O–H groups in total. The minimum absolute atomic E-state index is 0.690. The highest BCUT2D eigenvalue weighted by Gasteiger charge is 2.16. The maximum atomic E-state index is 4.69. The van der Waals surface area contributed by atoms with E-state index in [0.29, 0.717) is 6.54 Å². The third-order valence-electron chi connectivity index (χ3n) is 6.05. The lowest BCUT2D eigenvalue weighted by Gasteiger charge is -2.34. The van der Waals surface area contributed by atoms with Gasteiger partial charge in [0, 0.05) is 64.9 Å².